The zero-order valence-corrected chi connectivity index (χ0v) is 6.33. The molecule has 0 saturated carbocycles. The molecule has 0 aliphatic heterocycles. The molecule has 1 aromatic heterocycles. The molecular formula is C6H8N6. The Kier molecular flexibility index (Phi) is 2.72. The molecule has 1 rings (SSSR count). The predicted octanol–water partition coefficient (Wildman–Crippen LogP) is -0.278. The van der Waals surface area contributed by atoms with E-state index in [2.05, 4.69) is 26.6 Å². The Morgan fingerprint density at radius 3 is 3.08 bits per heavy atom. The third-order valence-corrected chi connectivity index (χ3v) is 1.04. The molecule has 1 aromatic rings. The minimum absolute atomic E-state index is 0.429. The zero-order valence-electron chi connectivity index (χ0n) is 6.33. The molecule has 0 spiro atoms. The summed E-state index contributed by atoms with van der Waals surface area (Å²) in [6, 6.07) is 0. The number of nitrogens with two attached hydrogens (primary N) is 1. The van der Waals surface area contributed by atoms with Crippen LogP contribution in [0.3, 0.4) is 0 Å². The Morgan fingerprint density at radius 2 is 2.50 bits per heavy atom. The van der Waals surface area contributed by atoms with Gasteiger partial charge in [-0.1, -0.05) is 6.58 Å². The van der Waals surface area contributed by atoms with Gasteiger partial charge in [0, 0.05) is 0 Å². The zero-order chi connectivity index (χ0) is 8.81. The van der Waals surface area contributed by atoms with Crippen LogP contribution < -0.4 is 5.73 Å². The second kappa shape index (κ2) is 4.02. The lowest BCUT2D eigenvalue weighted by atomic mass is 10.8. The highest BCUT2D eigenvalue weighted by molar-refractivity contribution is 5.72. The smallest absolute Gasteiger partial charge is 0.149 e. The highest BCUT2D eigenvalue weighted by atomic mass is 15.4. The summed E-state index contributed by atoms with van der Waals surface area (Å²) < 4.78 is 1.42. The van der Waals surface area contributed by atoms with Gasteiger partial charge in [0.2, 0.25) is 0 Å². The first-order valence-corrected chi connectivity index (χ1v) is 3.14. The van der Waals surface area contributed by atoms with Gasteiger partial charge in [0.15, 0.2) is 0 Å². The minimum Gasteiger partial charge on any atom is -0.390 e. The summed E-state index contributed by atoms with van der Waals surface area (Å²) in [4.78, 5) is 11.1. The Bertz CT molecular complexity index is 296. The van der Waals surface area contributed by atoms with E-state index in [-0.39, 0.29) is 0 Å². The van der Waals surface area contributed by atoms with Gasteiger partial charge in [-0.05, 0) is 0 Å². The molecule has 6 nitrogen and oxygen atoms in total. The van der Waals surface area contributed by atoms with Crippen LogP contribution in [0.15, 0.2) is 29.2 Å². The number of aromatic nitrogens is 3. The topological polar surface area (TPSA) is 81.5 Å². The largest absolute Gasteiger partial charge is 0.390 e. The van der Waals surface area contributed by atoms with Gasteiger partial charge in [-0.3, -0.25) is 0 Å². The quantitative estimate of drug-likeness (QED) is 0.492. The first-order valence-electron chi connectivity index (χ1n) is 3.14. The van der Waals surface area contributed by atoms with Gasteiger partial charge in [-0.25, -0.2) is 19.7 Å². The maximum atomic E-state index is 4.99. The van der Waals surface area contributed by atoms with Crippen LogP contribution in [0.25, 0.3) is 5.82 Å². The molecule has 0 bridgehead atoms. The molecule has 0 fully saturated rings. The summed E-state index contributed by atoms with van der Waals surface area (Å²) in [6.07, 6.45) is 5.31. The fourth-order valence-corrected chi connectivity index (χ4v) is 0.539. The van der Waals surface area contributed by atoms with Crippen molar-refractivity contribution in [3.8, 4) is 0 Å². The monoisotopic (exact) mass is 164 g/mol. The molecular weight excluding hydrogens is 156 g/mol. The molecule has 0 atom stereocenters. The van der Waals surface area contributed by atoms with Crippen molar-refractivity contribution in [1.82, 2.24) is 14.8 Å². The maximum absolute atomic E-state index is 4.99. The third-order valence-electron chi connectivity index (χ3n) is 1.04. The van der Waals surface area contributed by atoms with Crippen molar-refractivity contribution in [3.05, 3.63) is 19.2 Å². The molecule has 2 N–H and O–H groups in total. The van der Waals surface area contributed by atoms with E-state index in [1.165, 1.54) is 23.7 Å². The standard InChI is InChI=1S/C6H8N6/c1-6(10-3-8-2-7)12-5-9-4-11-12/h2-5H,1H2,(H2,7,8,10). The highest BCUT2D eigenvalue weighted by Gasteiger charge is 1.91. The summed E-state index contributed by atoms with van der Waals surface area (Å²) in [5.41, 5.74) is 4.99. The molecule has 0 unspecified atom stereocenters. The number of rotatable bonds is 3. The second-order valence-corrected chi connectivity index (χ2v) is 1.80. The van der Waals surface area contributed by atoms with Crippen LogP contribution in [0.2, 0.25) is 0 Å². The van der Waals surface area contributed by atoms with E-state index < -0.39 is 0 Å². The molecule has 0 amide bonds. The number of hydrogen-bond acceptors (Lipinski definition) is 3. The van der Waals surface area contributed by atoms with Crippen molar-refractivity contribution in [3.63, 3.8) is 0 Å². The lowest BCUT2D eigenvalue weighted by Gasteiger charge is -1.94. The molecule has 0 aliphatic rings. The lowest BCUT2D eigenvalue weighted by Crippen LogP contribution is -1.94. The SMILES string of the molecule is C=C(/N=C/N=CN)n1cncn1. The molecule has 0 radical (unpaired) electrons. The normalized spacial score (nSPS) is 11.3. The van der Waals surface area contributed by atoms with E-state index in [0.29, 0.717) is 5.82 Å². The second-order valence-electron chi connectivity index (χ2n) is 1.80. The van der Waals surface area contributed by atoms with Crippen LogP contribution in [0.5, 0.6) is 0 Å². The van der Waals surface area contributed by atoms with Crippen LogP contribution in [-0.2, 0) is 0 Å². The van der Waals surface area contributed by atoms with Gasteiger partial charge in [0.1, 0.15) is 24.8 Å². The average molecular weight is 164 g/mol. The number of nitrogens with zero attached hydrogens (tertiary/aromatic N) is 5. The fourth-order valence-electron chi connectivity index (χ4n) is 0.539. The molecule has 12 heavy (non-hydrogen) atoms. The van der Waals surface area contributed by atoms with Gasteiger partial charge >= 0.3 is 0 Å². The van der Waals surface area contributed by atoms with Crippen LogP contribution >= 0.6 is 0 Å². The third kappa shape index (κ3) is 2.01. The van der Waals surface area contributed by atoms with Crippen molar-refractivity contribution in [2.24, 2.45) is 15.7 Å². The van der Waals surface area contributed by atoms with Crippen molar-refractivity contribution in [2.45, 2.75) is 0 Å². The van der Waals surface area contributed by atoms with Crippen LogP contribution in [0.4, 0.5) is 0 Å². The molecule has 0 saturated heterocycles. The molecule has 0 aliphatic carbocycles. The van der Waals surface area contributed by atoms with E-state index in [4.69, 9.17) is 5.73 Å². The highest BCUT2D eigenvalue weighted by Crippen LogP contribution is 1.96. The van der Waals surface area contributed by atoms with Crippen LogP contribution in [-0.4, -0.2) is 27.4 Å². The first-order chi connectivity index (χ1) is 5.84. The summed E-state index contributed by atoms with van der Waals surface area (Å²) in [6.45, 7) is 3.62. The Morgan fingerprint density at radius 1 is 1.67 bits per heavy atom. The van der Waals surface area contributed by atoms with E-state index >= 15 is 0 Å². The summed E-state index contributed by atoms with van der Waals surface area (Å²) in [7, 11) is 0. The van der Waals surface area contributed by atoms with Crippen molar-refractivity contribution >= 4 is 18.5 Å². The average Bonchev–Trinajstić information content (AvgIpc) is 2.56. The van der Waals surface area contributed by atoms with Gasteiger partial charge in [0.25, 0.3) is 0 Å². The van der Waals surface area contributed by atoms with Gasteiger partial charge in [-0.15, -0.1) is 0 Å². The number of aliphatic imine (C=N–C) groups is 2. The Balaban J connectivity index is 2.61. The van der Waals surface area contributed by atoms with Crippen molar-refractivity contribution in [1.29, 1.82) is 0 Å². The Hall–Kier alpha value is -1.98. The molecule has 1 heterocycles. The maximum Gasteiger partial charge on any atom is 0.149 e. The van der Waals surface area contributed by atoms with Crippen molar-refractivity contribution < 1.29 is 0 Å². The number of hydrogen-bond donors (Lipinski definition) is 1. The van der Waals surface area contributed by atoms with E-state index in [9.17, 15) is 0 Å². The Labute approximate surface area is 69.2 Å². The molecule has 6 heteroatoms. The lowest BCUT2D eigenvalue weighted by molar-refractivity contribution is 0.889. The summed E-state index contributed by atoms with van der Waals surface area (Å²) in [5.74, 6) is 0.429. The van der Waals surface area contributed by atoms with E-state index in [0.717, 1.165) is 6.34 Å². The van der Waals surface area contributed by atoms with Gasteiger partial charge in [-0.2, -0.15) is 5.10 Å². The van der Waals surface area contributed by atoms with Crippen LogP contribution in [0, 0.1) is 0 Å². The first kappa shape index (κ1) is 8.12. The van der Waals surface area contributed by atoms with Crippen LogP contribution in [0.1, 0.15) is 0 Å². The van der Waals surface area contributed by atoms with Crippen molar-refractivity contribution in [2.75, 3.05) is 0 Å². The molecule has 0 aromatic carbocycles. The van der Waals surface area contributed by atoms with E-state index in [1.807, 2.05) is 0 Å². The van der Waals surface area contributed by atoms with Gasteiger partial charge in [0.05, 0.1) is 6.34 Å². The molecule has 62 valence electrons. The van der Waals surface area contributed by atoms with Gasteiger partial charge < -0.3 is 5.73 Å². The fraction of sp³-hybridized carbons (Fsp3) is 0. The summed E-state index contributed by atoms with van der Waals surface area (Å²) in [5, 5.41) is 3.80. The minimum atomic E-state index is 0.429. The predicted molar refractivity (Wildman–Crippen MR) is 46.5 cm³/mol. The summed E-state index contributed by atoms with van der Waals surface area (Å²) >= 11 is 0. The van der Waals surface area contributed by atoms with E-state index in [1.54, 1.807) is 0 Å².